The van der Waals surface area contributed by atoms with Crippen molar-refractivity contribution in [3.63, 3.8) is 0 Å². The Hall–Kier alpha value is -3.08. The fourth-order valence-electron chi connectivity index (χ4n) is 2.34. The summed E-state index contributed by atoms with van der Waals surface area (Å²) in [7, 11) is 1.49. The fraction of sp³-hybridized carbons (Fsp3) is 0.111. The molecule has 1 aromatic heterocycles. The standard InChI is InChI=1S/C18H15NO4/c1-22-17-9-5-3-7-13(17)16(20)11-23-18(21)15-10-12-6-2-4-8-14(12)19-15/h2-10,19H,11H2,1H3. The van der Waals surface area contributed by atoms with E-state index in [-0.39, 0.29) is 12.4 Å². The smallest absolute Gasteiger partial charge is 0.355 e. The highest BCUT2D eigenvalue weighted by Crippen LogP contribution is 2.19. The minimum Gasteiger partial charge on any atom is -0.496 e. The zero-order valence-electron chi connectivity index (χ0n) is 12.5. The first-order valence-electron chi connectivity index (χ1n) is 7.10. The molecule has 0 saturated heterocycles. The van der Waals surface area contributed by atoms with Gasteiger partial charge in [0.2, 0.25) is 5.78 Å². The number of fused-ring (bicyclic) bond motifs is 1. The molecule has 0 atom stereocenters. The maximum atomic E-state index is 12.2. The molecule has 5 heteroatoms. The topological polar surface area (TPSA) is 68.4 Å². The highest BCUT2D eigenvalue weighted by Gasteiger charge is 2.16. The number of para-hydroxylation sites is 2. The summed E-state index contributed by atoms with van der Waals surface area (Å²) in [4.78, 5) is 27.2. The quantitative estimate of drug-likeness (QED) is 0.580. The number of rotatable bonds is 5. The van der Waals surface area contributed by atoms with E-state index in [2.05, 4.69) is 4.98 Å². The maximum Gasteiger partial charge on any atom is 0.355 e. The predicted molar refractivity (Wildman–Crippen MR) is 85.9 cm³/mol. The minimum absolute atomic E-state index is 0.313. The van der Waals surface area contributed by atoms with Crippen LogP contribution in [0.3, 0.4) is 0 Å². The highest BCUT2D eigenvalue weighted by atomic mass is 16.5. The molecule has 0 unspecified atom stereocenters. The monoisotopic (exact) mass is 309 g/mol. The van der Waals surface area contributed by atoms with E-state index < -0.39 is 5.97 Å². The normalized spacial score (nSPS) is 10.5. The first kappa shape index (κ1) is 14.8. The number of carbonyl (C=O) groups is 2. The molecular weight excluding hydrogens is 294 g/mol. The van der Waals surface area contributed by atoms with E-state index in [1.54, 1.807) is 30.3 Å². The number of aromatic nitrogens is 1. The van der Waals surface area contributed by atoms with Crippen LogP contribution in [0.1, 0.15) is 20.8 Å². The van der Waals surface area contributed by atoms with Gasteiger partial charge in [-0.15, -0.1) is 0 Å². The van der Waals surface area contributed by atoms with Crippen LogP contribution >= 0.6 is 0 Å². The Labute approximate surface area is 132 Å². The van der Waals surface area contributed by atoms with Crippen molar-refractivity contribution in [2.24, 2.45) is 0 Å². The Morgan fingerprint density at radius 2 is 1.78 bits per heavy atom. The van der Waals surface area contributed by atoms with E-state index in [0.29, 0.717) is 17.0 Å². The minimum atomic E-state index is -0.565. The van der Waals surface area contributed by atoms with Crippen LogP contribution < -0.4 is 4.74 Å². The van der Waals surface area contributed by atoms with Crippen molar-refractivity contribution in [1.82, 2.24) is 4.98 Å². The fourth-order valence-corrected chi connectivity index (χ4v) is 2.34. The summed E-state index contributed by atoms with van der Waals surface area (Å²) in [6, 6.07) is 16.0. The van der Waals surface area contributed by atoms with Gasteiger partial charge in [-0.25, -0.2) is 4.79 Å². The zero-order valence-corrected chi connectivity index (χ0v) is 12.5. The Bertz CT molecular complexity index is 833. The van der Waals surface area contributed by atoms with E-state index in [1.807, 2.05) is 24.3 Å². The third-order valence-electron chi connectivity index (χ3n) is 3.49. The second-order valence-electron chi connectivity index (χ2n) is 4.97. The summed E-state index contributed by atoms with van der Waals surface area (Å²) in [5, 5.41) is 0.913. The SMILES string of the molecule is COc1ccccc1C(=O)COC(=O)c1cc2ccccc2[nH]1. The molecule has 0 aliphatic heterocycles. The number of methoxy groups -OCH3 is 1. The number of esters is 1. The summed E-state index contributed by atoms with van der Waals surface area (Å²) >= 11 is 0. The van der Waals surface area contributed by atoms with Crippen LogP contribution in [-0.4, -0.2) is 30.5 Å². The van der Waals surface area contributed by atoms with Crippen LogP contribution in [0.4, 0.5) is 0 Å². The van der Waals surface area contributed by atoms with Gasteiger partial charge < -0.3 is 14.5 Å². The number of carbonyl (C=O) groups excluding carboxylic acids is 2. The second kappa shape index (κ2) is 6.36. The molecule has 1 N–H and O–H groups in total. The Kier molecular flexibility index (Phi) is 4.10. The van der Waals surface area contributed by atoms with Gasteiger partial charge in [0, 0.05) is 10.9 Å². The van der Waals surface area contributed by atoms with Gasteiger partial charge in [-0.05, 0) is 24.3 Å². The van der Waals surface area contributed by atoms with Gasteiger partial charge in [-0.3, -0.25) is 4.79 Å². The lowest BCUT2D eigenvalue weighted by molar-refractivity contribution is 0.0469. The lowest BCUT2D eigenvalue weighted by atomic mass is 10.1. The lowest BCUT2D eigenvalue weighted by Gasteiger charge is -2.07. The van der Waals surface area contributed by atoms with E-state index in [0.717, 1.165) is 10.9 Å². The largest absolute Gasteiger partial charge is 0.496 e. The molecule has 116 valence electrons. The number of hydrogen-bond acceptors (Lipinski definition) is 4. The van der Waals surface area contributed by atoms with Crippen molar-refractivity contribution in [2.75, 3.05) is 13.7 Å². The maximum absolute atomic E-state index is 12.2. The number of benzene rings is 2. The van der Waals surface area contributed by atoms with E-state index in [4.69, 9.17) is 9.47 Å². The lowest BCUT2D eigenvalue weighted by Crippen LogP contribution is -2.15. The first-order chi connectivity index (χ1) is 11.2. The molecule has 0 amide bonds. The van der Waals surface area contributed by atoms with Gasteiger partial charge in [0.05, 0.1) is 12.7 Å². The highest BCUT2D eigenvalue weighted by molar-refractivity contribution is 6.01. The van der Waals surface area contributed by atoms with E-state index >= 15 is 0 Å². The zero-order chi connectivity index (χ0) is 16.2. The number of aromatic amines is 1. The average Bonchev–Trinajstić information content (AvgIpc) is 3.03. The third kappa shape index (κ3) is 3.08. The molecule has 0 saturated carbocycles. The number of nitrogens with one attached hydrogen (secondary N) is 1. The number of hydrogen-bond donors (Lipinski definition) is 1. The summed E-state index contributed by atoms with van der Waals surface area (Å²) < 4.78 is 10.2. The second-order valence-corrected chi connectivity index (χ2v) is 4.97. The van der Waals surface area contributed by atoms with Gasteiger partial charge in [0.1, 0.15) is 11.4 Å². The van der Waals surface area contributed by atoms with Gasteiger partial charge in [-0.2, -0.15) is 0 Å². The van der Waals surface area contributed by atoms with Crippen LogP contribution in [0, 0.1) is 0 Å². The van der Waals surface area contributed by atoms with Crippen molar-refractivity contribution in [1.29, 1.82) is 0 Å². The van der Waals surface area contributed by atoms with Gasteiger partial charge in [-0.1, -0.05) is 30.3 Å². The van der Waals surface area contributed by atoms with Crippen LogP contribution in [-0.2, 0) is 4.74 Å². The summed E-state index contributed by atoms with van der Waals surface area (Å²) in [6.45, 7) is -0.339. The molecule has 23 heavy (non-hydrogen) atoms. The summed E-state index contributed by atoms with van der Waals surface area (Å²) in [5.74, 6) is -0.421. The molecule has 2 aromatic carbocycles. The van der Waals surface area contributed by atoms with Crippen molar-refractivity contribution >= 4 is 22.7 Å². The molecule has 3 rings (SSSR count). The van der Waals surface area contributed by atoms with Crippen LogP contribution in [0.2, 0.25) is 0 Å². The Balaban J connectivity index is 1.70. The average molecular weight is 309 g/mol. The number of ketones is 1. The molecule has 5 nitrogen and oxygen atoms in total. The third-order valence-corrected chi connectivity index (χ3v) is 3.49. The molecule has 3 aromatic rings. The van der Waals surface area contributed by atoms with Crippen LogP contribution in [0.15, 0.2) is 54.6 Å². The summed E-state index contributed by atoms with van der Waals surface area (Å²) in [6.07, 6.45) is 0. The van der Waals surface area contributed by atoms with Crippen molar-refractivity contribution < 1.29 is 19.1 Å². The first-order valence-corrected chi connectivity index (χ1v) is 7.10. The van der Waals surface area contributed by atoms with Gasteiger partial charge >= 0.3 is 5.97 Å². The van der Waals surface area contributed by atoms with Gasteiger partial charge in [0.15, 0.2) is 6.61 Å². The molecule has 0 bridgehead atoms. The van der Waals surface area contributed by atoms with Crippen molar-refractivity contribution in [3.8, 4) is 5.75 Å². The summed E-state index contributed by atoms with van der Waals surface area (Å²) in [5.41, 5.74) is 1.55. The van der Waals surface area contributed by atoms with Gasteiger partial charge in [0.25, 0.3) is 0 Å². The molecular formula is C18H15NO4. The Morgan fingerprint density at radius 3 is 2.57 bits per heavy atom. The van der Waals surface area contributed by atoms with Crippen molar-refractivity contribution in [3.05, 3.63) is 65.9 Å². The van der Waals surface area contributed by atoms with Crippen LogP contribution in [0.25, 0.3) is 10.9 Å². The number of Topliss-reactive ketones (excluding diaryl/α,β-unsaturated/α-hetero) is 1. The molecule has 0 aliphatic carbocycles. The van der Waals surface area contributed by atoms with E-state index in [9.17, 15) is 9.59 Å². The number of H-pyrrole nitrogens is 1. The predicted octanol–water partition coefficient (Wildman–Crippen LogP) is 3.22. The molecule has 0 fully saturated rings. The Morgan fingerprint density at radius 1 is 1.04 bits per heavy atom. The molecule has 0 aliphatic rings. The molecule has 1 heterocycles. The van der Waals surface area contributed by atoms with E-state index in [1.165, 1.54) is 7.11 Å². The molecule has 0 radical (unpaired) electrons. The van der Waals surface area contributed by atoms with Crippen LogP contribution in [0.5, 0.6) is 5.75 Å². The number of ether oxygens (including phenoxy) is 2. The molecule has 0 spiro atoms. The van der Waals surface area contributed by atoms with Crippen molar-refractivity contribution in [2.45, 2.75) is 0 Å².